The Hall–Kier alpha value is -1.11. The minimum atomic E-state index is -0.334. The number of urea groups is 1. The van der Waals surface area contributed by atoms with Crippen LogP contribution >= 0.6 is 11.8 Å². The van der Waals surface area contributed by atoms with Crippen molar-refractivity contribution in [2.75, 3.05) is 26.4 Å². The van der Waals surface area contributed by atoms with Crippen LogP contribution < -0.4 is 11.1 Å². The first-order valence-electron chi connectivity index (χ1n) is 5.09. The number of likely N-dealkylation sites (tertiary alicyclic amines) is 1. The van der Waals surface area contributed by atoms with E-state index in [1.807, 2.05) is 6.26 Å². The van der Waals surface area contributed by atoms with Crippen LogP contribution in [0, 0.1) is 0 Å². The number of hydrogen-bond acceptors (Lipinski definition) is 4. The van der Waals surface area contributed by atoms with Crippen molar-refractivity contribution in [3.63, 3.8) is 0 Å². The molecule has 0 unspecified atom stereocenters. The Kier molecular flexibility index (Phi) is 4.28. The summed E-state index contributed by atoms with van der Waals surface area (Å²) in [5.41, 5.74) is 5.71. The van der Waals surface area contributed by atoms with E-state index in [1.54, 1.807) is 23.7 Å². The van der Waals surface area contributed by atoms with Crippen molar-refractivity contribution in [1.29, 1.82) is 0 Å². The van der Waals surface area contributed by atoms with Gasteiger partial charge < -0.3 is 21.2 Å². The summed E-state index contributed by atoms with van der Waals surface area (Å²) in [5, 5.41) is 14.5. The van der Waals surface area contributed by atoms with Gasteiger partial charge in [-0.25, -0.2) is 4.79 Å². The second-order valence-electron chi connectivity index (χ2n) is 3.73. The molecule has 1 rings (SSSR count). The molecule has 0 aliphatic carbocycles. The van der Waals surface area contributed by atoms with Gasteiger partial charge in [-0.05, 0) is 19.1 Å². The molecule has 0 atom stereocenters. The molecule has 1 fully saturated rings. The molecular weight excluding hydrogens is 228 g/mol. The third-order valence-corrected chi connectivity index (χ3v) is 4.44. The van der Waals surface area contributed by atoms with Gasteiger partial charge in [0.15, 0.2) is 5.84 Å². The molecule has 0 aromatic heterocycles. The van der Waals surface area contributed by atoms with Gasteiger partial charge in [0.25, 0.3) is 0 Å². The van der Waals surface area contributed by atoms with E-state index < -0.39 is 0 Å². The van der Waals surface area contributed by atoms with Crippen LogP contribution in [0.15, 0.2) is 5.16 Å². The summed E-state index contributed by atoms with van der Waals surface area (Å²) < 4.78 is -0.334. The number of thioether (sulfide) groups is 1. The van der Waals surface area contributed by atoms with E-state index in [-0.39, 0.29) is 16.6 Å². The Morgan fingerprint density at radius 1 is 1.56 bits per heavy atom. The summed E-state index contributed by atoms with van der Waals surface area (Å²) in [5.74, 6) is 0.247. The lowest BCUT2D eigenvalue weighted by molar-refractivity contribution is 0.185. The minimum absolute atomic E-state index is 0.0748. The molecule has 2 amide bonds. The average Bonchev–Trinajstić information content (AvgIpc) is 2.36. The van der Waals surface area contributed by atoms with Crippen LogP contribution in [-0.4, -0.2) is 53.1 Å². The largest absolute Gasteiger partial charge is 0.409 e. The monoisotopic (exact) mass is 246 g/mol. The zero-order valence-corrected chi connectivity index (χ0v) is 10.4. The second kappa shape index (κ2) is 5.29. The average molecular weight is 246 g/mol. The lowest BCUT2D eigenvalue weighted by atomic mass is 9.94. The predicted octanol–water partition coefficient (Wildman–Crippen LogP) is 0.270. The van der Waals surface area contributed by atoms with Crippen LogP contribution in [0.4, 0.5) is 4.79 Å². The fourth-order valence-corrected chi connectivity index (χ4v) is 2.73. The first kappa shape index (κ1) is 13.0. The molecule has 4 N–H and O–H groups in total. The zero-order valence-electron chi connectivity index (χ0n) is 9.56. The molecule has 0 aromatic rings. The van der Waals surface area contributed by atoms with Crippen molar-refractivity contribution in [2.24, 2.45) is 10.9 Å². The van der Waals surface area contributed by atoms with Crippen molar-refractivity contribution in [2.45, 2.75) is 17.6 Å². The molecule has 1 aliphatic rings. The van der Waals surface area contributed by atoms with E-state index >= 15 is 0 Å². The maximum absolute atomic E-state index is 11.4. The Morgan fingerprint density at radius 2 is 2.12 bits per heavy atom. The van der Waals surface area contributed by atoms with E-state index in [2.05, 4.69) is 10.5 Å². The molecule has 7 heteroatoms. The second-order valence-corrected chi connectivity index (χ2v) is 4.92. The maximum Gasteiger partial charge on any atom is 0.317 e. The molecule has 0 spiro atoms. The van der Waals surface area contributed by atoms with Crippen molar-refractivity contribution in [3.8, 4) is 0 Å². The van der Waals surface area contributed by atoms with Crippen molar-refractivity contribution >= 4 is 23.6 Å². The quantitative estimate of drug-likeness (QED) is 0.282. The molecule has 92 valence electrons. The van der Waals surface area contributed by atoms with Crippen LogP contribution in [0.3, 0.4) is 0 Å². The summed E-state index contributed by atoms with van der Waals surface area (Å²) in [6.07, 6.45) is 3.35. The van der Waals surface area contributed by atoms with Crippen molar-refractivity contribution in [1.82, 2.24) is 10.2 Å². The van der Waals surface area contributed by atoms with Gasteiger partial charge in [-0.3, -0.25) is 0 Å². The third-order valence-electron chi connectivity index (χ3n) is 3.04. The normalized spacial score (nSPS) is 20.6. The molecular formula is C9H18N4O2S. The lowest BCUT2D eigenvalue weighted by Gasteiger charge is -2.39. The summed E-state index contributed by atoms with van der Waals surface area (Å²) in [4.78, 5) is 13.1. The zero-order chi connectivity index (χ0) is 12.2. The Morgan fingerprint density at radius 3 is 2.50 bits per heavy atom. The highest BCUT2D eigenvalue weighted by Gasteiger charge is 2.39. The molecule has 1 saturated heterocycles. The van der Waals surface area contributed by atoms with Crippen molar-refractivity contribution < 1.29 is 10.0 Å². The van der Waals surface area contributed by atoms with E-state index in [9.17, 15) is 4.79 Å². The van der Waals surface area contributed by atoms with E-state index in [1.165, 1.54) is 0 Å². The fraction of sp³-hybridized carbons (Fsp3) is 0.778. The predicted molar refractivity (Wildman–Crippen MR) is 64.9 cm³/mol. The number of carbonyl (C=O) groups excluding carboxylic acids is 1. The van der Waals surface area contributed by atoms with Crippen molar-refractivity contribution in [3.05, 3.63) is 0 Å². The van der Waals surface area contributed by atoms with Crippen LogP contribution in [0.5, 0.6) is 0 Å². The Bertz CT molecular complexity index is 287. The number of nitrogens with one attached hydrogen (secondary N) is 1. The van der Waals surface area contributed by atoms with E-state index in [4.69, 9.17) is 10.9 Å². The summed E-state index contributed by atoms with van der Waals surface area (Å²) in [7, 11) is 1.61. The SMILES string of the molecule is CNC(=O)N1CCC(SC)(C(N)=NO)CC1. The van der Waals surface area contributed by atoms with Crippen LogP contribution in [-0.2, 0) is 0 Å². The fourth-order valence-electron chi connectivity index (χ4n) is 1.89. The molecule has 0 saturated carbocycles. The summed E-state index contributed by atoms with van der Waals surface area (Å²) in [6.45, 7) is 1.24. The maximum atomic E-state index is 11.4. The topological polar surface area (TPSA) is 91.0 Å². The minimum Gasteiger partial charge on any atom is -0.409 e. The molecule has 0 radical (unpaired) electrons. The van der Waals surface area contributed by atoms with Gasteiger partial charge in [0.2, 0.25) is 0 Å². The van der Waals surface area contributed by atoms with Crippen LogP contribution in [0.2, 0.25) is 0 Å². The van der Waals surface area contributed by atoms with Gasteiger partial charge in [-0.15, -0.1) is 0 Å². The van der Waals surface area contributed by atoms with Gasteiger partial charge >= 0.3 is 6.03 Å². The molecule has 0 aromatic carbocycles. The highest BCUT2D eigenvalue weighted by Crippen LogP contribution is 2.34. The van der Waals surface area contributed by atoms with Gasteiger partial charge in [0.05, 0.1) is 4.75 Å². The number of nitrogens with zero attached hydrogens (tertiary/aromatic N) is 2. The van der Waals surface area contributed by atoms with E-state index in [0.717, 1.165) is 0 Å². The number of amides is 2. The van der Waals surface area contributed by atoms with Gasteiger partial charge in [0.1, 0.15) is 0 Å². The molecule has 6 nitrogen and oxygen atoms in total. The molecule has 1 heterocycles. The first-order chi connectivity index (χ1) is 7.59. The number of amidine groups is 1. The van der Waals surface area contributed by atoms with Gasteiger partial charge in [0, 0.05) is 20.1 Å². The number of rotatable bonds is 2. The molecule has 1 aliphatic heterocycles. The number of nitrogens with two attached hydrogens (primary N) is 1. The van der Waals surface area contributed by atoms with Crippen LogP contribution in [0.25, 0.3) is 0 Å². The Labute approximate surface area is 99.2 Å². The molecule has 0 bridgehead atoms. The summed E-state index contributed by atoms with van der Waals surface area (Å²) >= 11 is 1.57. The summed E-state index contributed by atoms with van der Waals surface area (Å²) in [6, 6.07) is -0.0748. The van der Waals surface area contributed by atoms with E-state index in [0.29, 0.717) is 25.9 Å². The number of hydrogen-bond donors (Lipinski definition) is 3. The highest BCUT2D eigenvalue weighted by atomic mass is 32.2. The smallest absolute Gasteiger partial charge is 0.317 e. The van der Waals surface area contributed by atoms with Crippen LogP contribution in [0.1, 0.15) is 12.8 Å². The number of piperidine rings is 1. The van der Waals surface area contributed by atoms with Gasteiger partial charge in [-0.1, -0.05) is 5.16 Å². The van der Waals surface area contributed by atoms with Gasteiger partial charge in [-0.2, -0.15) is 11.8 Å². The highest BCUT2D eigenvalue weighted by molar-refractivity contribution is 8.00. The number of carbonyl (C=O) groups is 1. The molecule has 16 heavy (non-hydrogen) atoms. The first-order valence-corrected chi connectivity index (χ1v) is 6.32. The Balaban J connectivity index is 2.68. The standard InChI is InChI=1S/C9H18N4O2S/c1-11-8(14)13-5-3-9(16-2,4-6-13)7(10)12-15/h15H,3-6H2,1-2H3,(H2,10,12)(H,11,14). The number of oxime groups is 1. The lowest BCUT2D eigenvalue weighted by Crippen LogP contribution is -2.53. The third kappa shape index (κ3) is 2.34.